The molecule has 3 rings (SSSR count). The van der Waals surface area contributed by atoms with Gasteiger partial charge < -0.3 is 20.1 Å². The molecule has 26 heavy (non-hydrogen) atoms. The number of hydrogen-bond donors (Lipinski definition) is 2. The Balaban J connectivity index is 1.80. The fourth-order valence-corrected chi connectivity index (χ4v) is 2.55. The van der Waals surface area contributed by atoms with E-state index in [-0.39, 0.29) is 0 Å². The molecule has 0 amide bonds. The number of ether oxygens (including phenoxy) is 2. The Kier molecular flexibility index (Phi) is 5.65. The van der Waals surface area contributed by atoms with Crippen LogP contribution in [0.15, 0.2) is 48.8 Å². The maximum absolute atomic E-state index is 6.04. The van der Waals surface area contributed by atoms with Gasteiger partial charge in [0.05, 0.1) is 30.0 Å². The van der Waals surface area contributed by atoms with Gasteiger partial charge in [0.1, 0.15) is 29.5 Å². The monoisotopic (exact) mass is 390 g/mol. The highest BCUT2D eigenvalue weighted by Crippen LogP contribution is 2.31. The van der Waals surface area contributed by atoms with Gasteiger partial charge in [-0.25, -0.2) is 9.97 Å². The summed E-state index contributed by atoms with van der Waals surface area (Å²) in [5.74, 6) is 2.55. The lowest BCUT2D eigenvalue weighted by Crippen LogP contribution is -2.00. The molecule has 0 saturated heterocycles. The van der Waals surface area contributed by atoms with Gasteiger partial charge in [0.25, 0.3) is 0 Å². The van der Waals surface area contributed by atoms with E-state index in [1.807, 2.05) is 18.2 Å². The first kappa shape index (κ1) is 18.1. The van der Waals surface area contributed by atoms with Crippen LogP contribution in [0.3, 0.4) is 0 Å². The molecule has 8 heteroatoms. The van der Waals surface area contributed by atoms with Crippen molar-refractivity contribution in [3.8, 4) is 11.5 Å². The number of anilines is 4. The SMILES string of the molecule is COc1ccc(Nc2cc(Nc3ccc(Cl)c(Cl)c3)ncn2)c(OC)c1. The summed E-state index contributed by atoms with van der Waals surface area (Å²) < 4.78 is 10.6. The minimum Gasteiger partial charge on any atom is -0.497 e. The van der Waals surface area contributed by atoms with Gasteiger partial charge in [-0.2, -0.15) is 0 Å². The average Bonchev–Trinajstić information content (AvgIpc) is 2.65. The van der Waals surface area contributed by atoms with Gasteiger partial charge in [-0.05, 0) is 30.3 Å². The van der Waals surface area contributed by atoms with Crippen LogP contribution in [0.1, 0.15) is 0 Å². The van der Waals surface area contributed by atoms with Crippen LogP contribution in [-0.4, -0.2) is 24.2 Å². The second-order valence-electron chi connectivity index (χ2n) is 5.23. The number of halogens is 2. The maximum atomic E-state index is 6.04. The predicted octanol–water partition coefficient (Wildman–Crippen LogP) is 5.29. The van der Waals surface area contributed by atoms with E-state index in [1.165, 1.54) is 6.33 Å². The number of benzene rings is 2. The van der Waals surface area contributed by atoms with Crippen LogP contribution in [0, 0.1) is 0 Å². The van der Waals surface area contributed by atoms with Crippen molar-refractivity contribution in [1.82, 2.24) is 9.97 Å². The molecule has 1 aromatic heterocycles. The first-order valence-corrected chi connectivity index (χ1v) is 8.38. The standard InChI is InChI=1S/C18H16Cl2N4O2/c1-25-12-4-6-15(16(8-12)26-2)24-18-9-17(21-10-22-18)23-11-3-5-13(19)14(20)7-11/h3-10H,1-2H3,(H2,21,22,23,24). The summed E-state index contributed by atoms with van der Waals surface area (Å²) in [4.78, 5) is 8.44. The molecule has 3 aromatic rings. The van der Waals surface area contributed by atoms with Crippen LogP contribution in [0.2, 0.25) is 10.0 Å². The van der Waals surface area contributed by atoms with Gasteiger partial charge in [-0.3, -0.25) is 0 Å². The molecule has 0 spiro atoms. The van der Waals surface area contributed by atoms with Crippen molar-refractivity contribution >= 4 is 46.2 Å². The van der Waals surface area contributed by atoms with E-state index >= 15 is 0 Å². The van der Waals surface area contributed by atoms with E-state index in [1.54, 1.807) is 38.5 Å². The highest BCUT2D eigenvalue weighted by molar-refractivity contribution is 6.42. The fourth-order valence-electron chi connectivity index (χ4n) is 2.26. The van der Waals surface area contributed by atoms with Crippen LogP contribution in [-0.2, 0) is 0 Å². The Hall–Kier alpha value is -2.70. The van der Waals surface area contributed by atoms with Gasteiger partial charge in [0.15, 0.2) is 0 Å². The molecule has 0 saturated carbocycles. The zero-order valence-corrected chi connectivity index (χ0v) is 15.6. The maximum Gasteiger partial charge on any atom is 0.146 e. The highest BCUT2D eigenvalue weighted by atomic mass is 35.5. The Morgan fingerprint density at radius 2 is 1.58 bits per heavy atom. The number of methoxy groups -OCH3 is 2. The molecule has 0 aliphatic carbocycles. The summed E-state index contributed by atoms with van der Waals surface area (Å²) >= 11 is 12.0. The summed E-state index contributed by atoms with van der Waals surface area (Å²) in [7, 11) is 3.20. The van der Waals surface area contributed by atoms with Gasteiger partial charge in [-0.15, -0.1) is 0 Å². The van der Waals surface area contributed by atoms with Crippen molar-refractivity contribution in [2.75, 3.05) is 24.9 Å². The molecule has 0 aliphatic rings. The lowest BCUT2D eigenvalue weighted by Gasteiger charge is -2.13. The Labute approximate surface area is 161 Å². The van der Waals surface area contributed by atoms with Crippen LogP contribution in [0.5, 0.6) is 11.5 Å². The van der Waals surface area contributed by atoms with Crippen LogP contribution in [0.25, 0.3) is 0 Å². The van der Waals surface area contributed by atoms with Crippen molar-refractivity contribution < 1.29 is 9.47 Å². The van der Waals surface area contributed by atoms with Crippen molar-refractivity contribution in [3.05, 3.63) is 58.8 Å². The second-order valence-corrected chi connectivity index (χ2v) is 6.05. The summed E-state index contributed by atoms with van der Waals surface area (Å²) in [5, 5.41) is 7.32. The molecule has 0 unspecified atom stereocenters. The molecular weight excluding hydrogens is 375 g/mol. The van der Waals surface area contributed by atoms with E-state index in [0.717, 1.165) is 11.4 Å². The van der Waals surface area contributed by atoms with Crippen LogP contribution in [0.4, 0.5) is 23.0 Å². The Morgan fingerprint density at radius 1 is 0.808 bits per heavy atom. The van der Waals surface area contributed by atoms with Crippen molar-refractivity contribution in [1.29, 1.82) is 0 Å². The molecule has 1 heterocycles. The molecule has 0 fully saturated rings. The zero-order chi connectivity index (χ0) is 18.5. The summed E-state index contributed by atoms with van der Waals surface area (Å²) in [6.45, 7) is 0. The topological polar surface area (TPSA) is 68.3 Å². The molecule has 6 nitrogen and oxygen atoms in total. The van der Waals surface area contributed by atoms with Gasteiger partial charge in [0.2, 0.25) is 0 Å². The van der Waals surface area contributed by atoms with E-state index < -0.39 is 0 Å². The Morgan fingerprint density at radius 3 is 2.27 bits per heavy atom. The second kappa shape index (κ2) is 8.12. The number of hydrogen-bond acceptors (Lipinski definition) is 6. The summed E-state index contributed by atoms with van der Waals surface area (Å²) in [6.07, 6.45) is 1.46. The smallest absolute Gasteiger partial charge is 0.146 e. The number of rotatable bonds is 6. The predicted molar refractivity (Wildman–Crippen MR) is 105 cm³/mol. The van der Waals surface area contributed by atoms with Gasteiger partial charge in [0, 0.05) is 17.8 Å². The molecule has 0 radical (unpaired) electrons. The number of aromatic nitrogens is 2. The molecule has 2 aromatic carbocycles. The molecule has 134 valence electrons. The molecule has 0 aliphatic heterocycles. The molecule has 2 N–H and O–H groups in total. The first-order chi connectivity index (χ1) is 12.6. The Bertz CT molecular complexity index is 921. The molecular formula is C18H16Cl2N4O2. The van der Waals surface area contributed by atoms with Crippen molar-refractivity contribution in [3.63, 3.8) is 0 Å². The average molecular weight is 391 g/mol. The third-order valence-electron chi connectivity index (χ3n) is 3.53. The van der Waals surface area contributed by atoms with E-state index in [2.05, 4.69) is 20.6 Å². The largest absolute Gasteiger partial charge is 0.497 e. The molecule has 0 atom stereocenters. The normalized spacial score (nSPS) is 10.3. The van der Waals surface area contributed by atoms with Crippen LogP contribution < -0.4 is 20.1 Å². The van der Waals surface area contributed by atoms with Crippen LogP contribution >= 0.6 is 23.2 Å². The molecule has 0 bridgehead atoms. The first-order valence-electron chi connectivity index (χ1n) is 7.62. The van der Waals surface area contributed by atoms with E-state index in [4.69, 9.17) is 32.7 Å². The van der Waals surface area contributed by atoms with E-state index in [9.17, 15) is 0 Å². The van der Waals surface area contributed by atoms with Crippen molar-refractivity contribution in [2.45, 2.75) is 0 Å². The van der Waals surface area contributed by atoms with E-state index in [0.29, 0.717) is 33.2 Å². The van der Waals surface area contributed by atoms with Gasteiger partial charge in [-0.1, -0.05) is 23.2 Å². The minimum atomic E-state index is 0.465. The summed E-state index contributed by atoms with van der Waals surface area (Å²) in [5.41, 5.74) is 1.53. The van der Waals surface area contributed by atoms with Gasteiger partial charge >= 0.3 is 0 Å². The summed E-state index contributed by atoms with van der Waals surface area (Å²) in [6, 6.07) is 12.5. The minimum absolute atomic E-state index is 0.465. The third kappa shape index (κ3) is 4.28. The third-order valence-corrected chi connectivity index (χ3v) is 4.27. The number of nitrogens with one attached hydrogen (secondary N) is 2. The fraction of sp³-hybridized carbons (Fsp3) is 0.111. The lowest BCUT2D eigenvalue weighted by atomic mass is 10.2. The quantitative estimate of drug-likeness (QED) is 0.595. The zero-order valence-electron chi connectivity index (χ0n) is 14.1. The lowest BCUT2D eigenvalue weighted by molar-refractivity contribution is 0.395. The highest BCUT2D eigenvalue weighted by Gasteiger charge is 2.07. The number of nitrogens with zero attached hydrogens (tertiary/aromatic N) is 2. The van der Waals surface area contributed by atoms with Crippen molar-refractivity contribution in [2.24, 2.45) is 0 Å².